The molecule has 1 fully saturated rings. The molecule has 1 unspecified atom stereocenters. The number of carbonyl (C=O) groups is 1. The van der Waals surface area contributed by atoms with Crippen molar-refractivity contribution in [3.63, 3.8) is 0 Å². The van der Waals surface area contributed by atoms with Gasteiger partial charge in [0.1, 0.15) is 5.75 Å². The van der Waals surface area contributed by atoms with Gasteiger partial charge in [0.05, 0.1) is 25.3 Å². The van der Waals surface area contributed by atoms with Gasteiger partial charge in [-0.1, -0.05) is 0 Å². The number of likely N-dealkylation sites (tertiary alicyclic amines) is 1. The van der Waals surface area contributed by atoms with Gasteiger partial charge in [-0.2, -0.15) is 0 Å². The summed E-state index contributed by atoms with van der Waals surface area (Å²) in [6, 6.07) is 4.92. The van der Waals surface area contributed by atoms with Crippen LogP contribution in [0.25, 0.3) is 0 Å². The zero-order valence-electron chi connectivity index (χ0n) is 11.1. The number of methoxy groups -OCH3 is 1. The molecule has 0 aromatic heterocycles. The lowest BCUT2D eigenvalue weighted by Crippen LogP contribution is -2.45. The molecular weight excluding hydrogens is 244 g/mol. The van der Waals surface area contributed by atoms with Crippen molar-refractivity contribution >= 4 is 11.6 Å². The molecule has 1 heterocycles. The number of ether oxygens (including phenoxy) is 1. The van der Waals surface area contributed by atoms with Crippen molar-refractivity contribution in [2.45, 2.75) is 25.3 Å². The van der Waals surface area contributed by atoms with Crippen LogP contribution in [0.1, 0.15) is 29.6 Å². The molecule has 0 aliphatic carbocycles. The molecule has 1 amide bonds. The minimum atomic E-state index is -0.101. The van der Waals surface area contributed by atoms with Crippen LogP contribution in [0.2, 0.25) is 0 Å². The van der Waals surface area contributed by atoms with E-state index in [1.54, 1.807) is 23.1 Å². The summed E-state index contributed by atoms with van der Waals surface area (Å²) in [5.41, 5.74) is 6.75. The van der Waals surface area contributed by atoms with Crippen molar-refractivity contribution in [1.29, 1.82) is 0 Å². The number of amides is 1. The van der Waals surface area contributed by atoms with E-state index in [1.165, 1.54) is 7.11 Å². The highest BCUT2D eigenvalue weighted by Gasteiger charge is 2.28. The normalized spacial score (nSPS) is 19.3. The Bertz CT molecular complexity index is 462. The SMILES string of the molecule is COc1cc(N)ccc1C(=O)N1CCCCC1CO. The Hall–Kier alpha value is -1.75. The number of carbonyl (C=O) groups excluding carboxylic acids is 1. The van der Waals surface area contributed by atoms with Crippen LogP contribution >= 0.6 is 0 Å². The first-order valence-electron chi connectivity index (χ1n) is 6.52. The molecule has 104 valence electrons. The molecule has 5 nitrogen and oxygen atoms in total. The van der Waals surface area contributed by atoms with Crippen molar-refractivity contribution in [1.82, 2.24) is 4.90 Å². The lowest BCUT2D eigenvalue weighted by molar-refractivity contribution is 0.0500. The minimum absolute atomic E-state index is 0.00300. The maximum Gasteiger partial charge on any atom is 0.257 e. The highest BCUT2D eigenvalue weighted by molar-refractivity contribution is 5.97. The van der Waals surface area contributed by atoms with Crippen LogP contribution in [0.4, 0.5) is 5.69 Å². The number of hydrogen-bond donors (Lipinski definition) is 2. The maximum atomic E-state index is 12.6. The van der Waals surface area contributed by atoms with Crippen LogP contribution in [-0.2, 0) is 0 Å². The molecule has 2 rings (SSSR count). The number of anilines is 1. The number of aliphatic hydroxyl groups is 1. The van der Waals surface area contributed by atoms with E-state index in [4.69, 9.17) is 10.5 Å². The highest BCUT2D eigenvalue weighted by Crippen LogP contribution is 2.26. The third kappa shape index (κ3) is 2.81. The van der Waals surface area contributed by atoms with E-state index in [9.17, 15) is 9.90 Å². The fourth-order valence-corrected chi connectivity index (χ4v) is 2.50. The summed E-state index contributed by atoms with van der Waals surface area (Å²) >= 11 is 0. The Morgan fingerprint density at radius 2 is 2.32 bits per heavy atom. The number of nitrogens with two attached hydrogens (primary N) is 1. The average Bonchev–Trinajstić information content (AvgIpc) is 2.46. The Labute approximate surface area is 113 Å². The van der Waals surface area contributed by atoms with E-state index in [1.807, 2.05) is 0 Å². The summed E-state index contributed by atoms with van der Waals surface area (Å²) in [6.07, 6.45) is 2.87. The number of hydrogen-bond acceptors (Lipinski definition) is 4. The van der Waals surface area contributed by atoms with Crippen LogP contribution in [0, 0.1) is 0 Å². The third-order valence-electron chi connectivity index (χ3n) is 3.55. The molecule has 5 heteroatoms. The Balaban J connectivity index is 2.27. The summed E-state index contributed by atoms with van der Waals surface area (Å²) in [5, 5.41) is 9.38. The molecule has 3 N–H and O–H groups in total. The van der Waals surface area contributed by atoms with Crippen LogP contribution in [0.5, 0.6) is 5.75 Å². The fourth-order valence-electron chi connectivity index (χ4n) is 2.50. The molecule has 1 saturated heterocycles. The maximum absolute atomic E-state index is 12.6. The second-order valence-corrected chi connectivity index (χ2v) is 4.79. The molecule has 0 saturated carbocycles. The number of nitrogens with zero attached hydrogens (tertiary/aromatic N) is 1. The zero-order chi connectivity index (χ0) is 13.8. The van der Waals surface area contributed by atoms with Gasteiger partial charge in [0.15, 0.2) is 0 Å². The van der Waals surface area contributed by atoms with Crippen LogP contribution < -0.4 is 10.5 Å². The molecule has 0 radical (unpaired) electrons. The van der Waals surface area contributed by atoms with E-state index in [0.29, 0.717) is 23.5 Å². The van der Waals surface area contributed by atoms with Gasteiger partial charge >= 0.3 is 0 Å². The molecule has 1 aromatic rings. The van der Waals surface area contributed by atoms with Gasteiger partial charge in [-0.3, -0.25) is 4.79 Å². The molecule has 1 aliphatic heterocycles. The average molecular weight is 264 g/mol. The molecular formula is C14H20N2O3. The summed E-state index contributed by atoms with van der Waals surface area (Å²) in [4.78, 5) is 14.3. The summed E-state index contributed by atoms with van der Waals surface area (Å²) in [7, 11) is 1.52. The van der Waals surface area contributed by atoms with Gasteiger partial charge < -0.3 is 20.5 Å². The Morgan fingerprint density at radius 3 is 3.00 bits per heavy atom. The first-order chi connectivity index (χ1) is 9.17. The number of piperidine rings is 1. The number of rotatable bonds is 3. The van der Waals surface area contributed by atoms with Crippen molar-refractivity contribution in [2.24, 2.45) is 0 Å². The summed E-state index contributed by atoms with van der Waals surface area (Å²) < 4.78 is 5.22. The summed E-state index contributed by atoms with van der Waals surface area (Å²) in [6.45, 7) is 0.681. The lowest BCUT2D eigenvalue weighted by atomic mass is 10.0. The van der Waals surface area contributed by atoms with Gasteiger partial charge in [-0.25, -0.2) is 0 Å². The van der Waals surface area contributed by atoms with Gasteiger partial charge in [-0.15, -0.1) is 0 Å². The lowest BCUT2D eigenvalue weighted by Gasteiger charge is -2.35. The van der Waals surface area contributed by atoms with E-state index in [-0.39, 0.29) is 18.6 Å². The molecule has 0 spiro atoms. The second-order valence-electron chi connectivity index (χ2n) is 4.79. The van der Waals surface area contributed by atoms with Crippen molar-refractivity contribution in [2.75, 3.05) is 26.0 Å². The standard InChI is InChI=1S/C14H20N2O3/c1-19-13-8-10(15)5-6-12(13)14(18)16-7-3-2-4-11(16)9-17/h5-6,8,11,17H,2-4,7,9,15H2,1H3. The molecule has 1 atom stereocenters. The van der Waals surface area contributed by atoms with Crippen molar-refractivity contribution in [3.05, 3.63) is 23.8 Å². The number of aliphatic hydroxyl groups excluding tert-OH is 1. The molecule has 1 aromatic carbocycles. The molecule has 1 aliphatic rings. The molecule has 19 heavy (non-hydrogen) atoms. The Morgan fingerprint density at radius 1 is 1.53 bits per heavy atom. The van der Waals surface area contributed by atoms with E-state index >= 15 is 0 Å². The van der Waals surface area contributed by atoms with Gasteiger partial charge in [0, 0.05) is 18.3 Å². The van der Waals surface area contributed by atoms with Gasteiger partial charge in [-0.05, 0) is 31.4 Å². The van der Waals surface area contributed by atoms with E-state index in [0.717, 1.165) is 19.3 Å². The number of benzene rings is 1. The van der Waals surface area contributed by atoms with Crippen molar-refractivity contribution < 1.29 is 14.6 Å². The first kappa shape index (κ1) is 13.7. The van der Waals surface area contributed by atoms with Crippen molar-refractivity contribution in [3.8, 4) is 5.75 Å². The Kier molecular flexibility index (Phi) is 4.27. The predicted molar refractivity (Wildman–Crippen MR) is 73.2 cm³/mol. The third-order valence-corrected chi connectivity index (χ3v) is 3.55. The van der Waals surface area contributed by atoms with Gasteiger partial charge in [0.25, 0.3) is 5.91 Å². The summed E-state index contributed by atoms with van der Waals surface area (Å²) in [5.74, 6) is 0.378. The van der Waals surface area contributed by atoms with Crippen LogP contribution in [-0.4, -0.2) is 42.2 Å². The number of nitrogen functional groups attached to an aromatic ring is 1. The largest absolute Gasteiger partial charge is 0.496 e. The zero-order valence-corrected chi connectivity index (χ0v) is 11.1. The first-order valence-corrected chi connectivity index (χ1v) is 6.52. The molecule has 0 bridgehead atoms. The predicted octanol–water partition coefficient (Wildman–Crippen LogP) is 1.26. The monoisotopic (exact) mass is 264 g/mol. The quantitative estimate of drug-likeness (QED) is 0.806. The van der Waals surface area contributed by atoms with E-state index < -0.39 is 0 Å². The smallest absolute Gasteiger partial charge is 0.257 e. The van der Waals surface area contributed by atoms with E-state index in [2.05, 4.69) is 0 Å². The highest BCUT2D eigenvalue weighted by atomic mass is 16.5. The minimum Gasteiger partial charge on any atom is -0.496 e. The van der Waals surface area contributed by atoms with Crippen LogP contribution in [0.3, 0.4) is 0 Å². The fraction of sp³-hybridized carbons (Fsp3) is 0.500. The topological polar surface area (TPSA) is 75.8 Å². The van der Waals surface area contributed by atoms with Crippen LogP contribution in [0.15, 0.2) is 18.2 Å². The second kappa shape index (κ2) is 5.93. The van der Waals surface area contributed by atoms with Gasteiger partial charge in [0.2, 0.25) is 0 Å².